The van der Waals surface area contributed by atoms with Gasteiger partial charge in [-0.15, -0.1) is 12.4 Å². The molecule has 0 heterocycles. The van der Waals surface area contributed by atoms with Crippen molar-refractivity contribution in [3.63, 3.8) is 0 Å². The maximum atomic E-state index is 13.1. The van der Waals surface area contributed by atoms with Gasteiger partial charge in [0, 0.05) is 30.4 Å². The Bertz CT molecular complexity index is 604. The van der Waals surface area contributed by atoms with Gasteiger partial charge in [-0.1, -0.05) is 39.8 Å². The lowest BCUT2D eigenvalue weighted by atomic mass is 9.54. The molecule has 0 aromatic heterocycles. The molecule has 1 amide bonds. The molecule has 0 spiro atoms. The number of carbonyl (C=O) groups is 1. The van der Waals surface area contributed by atoms with Crippen LogP contribution in [0.5, 0.6) is 0 Å². The highest BCUT2D eigenvalue weighted by Crippen LogP contribution is 2.49. The topological polar surface area (TPSA) is 64.3 Å². The van der Waals surface area contributed by atoms with E-state index in [9.17, 15) is 9.18 Å². The summed E-state index contributed by atoms with van der Waals surface area (Å²) in [6.07, 6.45) is 0.528. The zero-order valence-electron chi connectivity index (χ0n) is 15.7. The summed E-state index contributed by atoms with van der Waals surface area (Å²) in [6.45, 7) is 11.0. The molecule has 2 unspecified atom stereocenters. The van der Waals surface area contributed by atoms with Crippen LogP contribution in [0, 0.1) is 11.2 Å². The van der Waals surface area contributed by atoms with Crippen molar-refractivity contribution in [1.29, 1.82) is 0 Å². The summed E-state index contributed by atoms with van der Waals surface area (Å²) in [7, 11) is 0. The molecule has 1 aromatic carbocycles. The molecule has 3 N–H and O–H groups in total. The van der Waals surface area contributed by atoms with Gasteiger partial charge in [-0.05, 0) is 24.6 Å². The van der Waals surface area contributed by atoms with Crippen molar-refractivity contribution < 1.29 is 13.9 Å². The second-order valence-electron chi connectivity index (χ2n) is 7.91. The number of halogens is 2. The van der Waals surface area contributed by atoms with Crippen LogP contribution in [0.15, 0.2) is 24.3 Å². The Morgan fingerprint density at radius 1 is 1.36 bits per heavy atom. The summed E-state index contributed by atoms with van der Waals surface area (Å²) in [5, 5.41) is 2.98. The first-order valence-electron chi connectivity index (χ1n) is 8.49. The first-order valence-corrected chi connectivity index (χ1v) is 8.49. The molecule has 0 bridgehead atoms. The lowest BCUT2D eigenvalue weighted by Gasteiger charge is -2.57. The van der Waals surface area contributed by atoms with Crippen LogP contribution in [0.4, 0.5) is 4.39 Å². The fraction of sp³-hybridized carbons (Fsp3) is 0.632. The predicted octanol–water partition coefficient (Wildman–Crippen LogP) is 3.17. The van der Waals surface area contributed by atoms with Gasteiger partial charge in [-0.2, -0.15) is 0 Å². The van der Waals surface area contributed by atoms with Crippen molar-refractivity contribution in [1.82, 2.24) is 5.32 Å². The van der Waals surface area contributed by atoms with Gasteiger partial charge in [0.15, 0.2) is 0 Å². The van der Waals surface area contributed by atoms with E-state index in [1.165, 1.54) is 12.1 Å². The molecular weight excluding hydrogens is 343 g/mol. The highest BCUT2D eigenvalue weighted by molar-refractivity contribution is 5.88. The zero-order valence-corrected chi connectivity index (χ0v) is 16.5. The van der Waals surface area contributed by atoms with Crippen LogP contribution in [0.2, 0.25) is 0 Å². The second kappa shape index (κ2) is 7.60. The molecular formula is C19H30ClFN2O2. The maximum Gasteiger partial charge on any atom is 0.240 e. The summed E-state index contributed by atoms with van der Waals surface area (Å²) in [5.74, 6) is -0.420. The number of rotatable bonds is 6. The van der Waals surface area contributed by atoms with E-state index in [4.69, 9.17) is 10.5 Å². The molecule has 6 heteroatoms. The normalized spacial score (nSPS) is 24.8. The van der Waals surface area contributed by atoms with Crippen molar-refractivity contribution in [2.24, 2.45) is 11.1 Å². The van der Waals surface area contributed by atoms with Crippen LogP contribution in [0.25, 0.3) is 0 Å². The molecule has 1 saturated carbocycles. The van der Waals surface area contributed by atoms with Gasteiger partial charge >= 0.3 is 0 Å². The van der Waals surface area contributed by atoms with Crippen LogP contribution < -0.4 is 11.1 Å². The van der Waals surface area contributed by atoms with Gasteiger partial charge in [0.1, 0.15) is 11.4 Å². The molecule has 2 atom stereocenters. The fourth-order valence-corrected chi connectivity index (χ4v) is 3.28. The minimum Gasteiger partial charge on any atom is -0.378 e. The number of ether oxygens (including phenoxy) is 1. The monoisotopic (exact) mass is 372 g/mol. The molecule has 1 fully saturated rings. The first kappa shape index (κ1) is 21.9. The van der Waals surface area contributed by atoms with Crippen molar-refractivity contribution in [3.8, 4) is 0 Å². The van der Waals surface area contributed by atoms with Gasteiger partial charge in [0.05, 0.1) is 6.10 Å². The van der Waals surface area contributed by atoms with Gasteiger partial charge in [0.2, 0.25) is 5.91 Å². The van der Waals surface area contributed by atoms with E-state index in [1.807, 2.05) is 34.6 Å². The number of nitrogens with two attached hydrogens (primary N) is 1. The smallest absolute Gasteiger partial charge is 0.240 e. The van der Waals surface area contributed by atoms with Gasteiger partial charge in [0.25, 0.3) is 0 Å². The summed E-state index contributed by atoms with van der Waals surface area (Å²) in [4.78, 5) is 12.7. The lowest BCUT2D eigenvalue weighted by Crippen LogP contribution is -2.76. The third-order valence-corrected chi connectivity index (χ3v) is 5.55. The Labute approximate surface area is 156 Å². The molecule has 0 radical (unpaired) electrons. The third-order valence-electron chi connectivity index (χ3n) is 5.55. The quantitative estimate of drug-likeness (QED) is 0.806. The van der Waals surface area contributed by atoms with Crippen molar-refractivity contribution >= 4 is 18.3 Å². The first-order chi connectivity index (χ1) is 11.0. The van der Waals surface area contributed by atoms with Gasteiger partial charge in [-0.25, -0.2) is 4.39 Å². The van der Waals surface area contributed by atoms with Crippen LogP contribution in [-0.4, -0.2) is 30.7 Å². The fourth-order valence-electron chi connectivity index (χ4n) is 3.28. The lowest BCUT2D eigenvalue weighted by molar-refractivity contribution is -0.170. The van der Waals surface area contributed by atoms with Crippen molar-refractivity contribution in [2.75, 3.05) is 13.2 Å². The Kier molecular flexibility index (Phi) is 6.65. The van der Waals surface area contributed by atoms with Gasteiger partial charge in [-0.3, -0.25) is 4.79 Å². The van der Waals surface area contributed by atoms with E-state index in [0.29, 0.717) is 19.6 Å². The Morgan fingerprint density at radius 3 is 2.40 bits per heavy atom. The minimum atomic E-state index is -0.925. The Balaban J connectivity index is 0.00000312. The molecule has 142 valence electrons. The van der Waals surface area contributed by atoms with E-state index in [0.717, 1.165) is 5.56 Å². The summed E-state index contributed by atoms with van der Waals surface area (Å²) in [6, 6.07) is 6.37. The van der Waals surface area contributed by atoms with Crippen molar-refractivity contribution in [3.05, 3.63) is 35.6 Å². The molecule has 1 aliphatic carbocycles. The SMILES string of the molecule is CCOC1CC(N)(C(=O)NCC(C)(C)c2ccc(F)cc2)C1(C)C.Cl. The van der Waals surface area contributed by atoms with Crippen LogP contribution in [0.3, 0.4) is 0 Å². The zero-order chi connectivity index (χ0) is 18.2. The van der Waals surface area contributed by atoms with Gasteiger partial charge < -0.3 is 15.8 Å². The second-order valence-corrected chi connectivity index (χ2v) is 7.91. The molecule has 25 heavy (non-hydrogen) atoms. The number of hydrogen-bond acceptors (Lipinski definition) is 3. The van der Waals surface area contributed by atoms with E-state index in [1.54, 1.807) is 12.1 Å². The number of nitrogens with one attached hydrogen (secondary N) is 1. The number of carbonyl (C=O) groups excluding carboxylic acids is 1. The van der Waals surface area contributed by atoms with E-state index in [-0.39, 0.29) is 35.7 Å². The summed E-state index contributed by atoms with van der Waals surface area (Å²) in [5.41, 5.74) is 5.71. The Hall–Kier alpha value is -1.17. The van der Waals surface area contributed by atoms with E-state index in [2.05, 4.69) is 5.32 Å². The third kappa shape index (κ3) is 3.99. The van der Waals surface area contributed by atoms with Crippen LogP contribution in [0.1, 0.15) is 46.6 Å². The highest BCUT2D eigenvalue weighted by Gasteiger charge is 2.62. The average molecular weight is 373 g/mol. The summed E-state index contributed by atoms with van der Waals surface area (Å²) >= 11 is 0. The van der Waals surface area contributed by atoms with Crippen LogP contribution in [-0.2, 0) is 14.9 Å². The number of benzene rings is 1. The highest BCUT2D eigenvalue weighted by atomic mass is 35.5. The molecule has 1 aliphatic rings. The maximum absolute atomic E-state index is 13.1. The molecule has 4 nitrogen and oxygen atoms in total. The average Bonchev–Trinajstić information content (AvgIpc) is 2.52. The largest absolute Gasteiger partial charge is 0.378 e. The molecule has 2 rings (SSSR count). The number of hydrogen-bond donors (Lipinski definition) is 2. The van der Waals surface area contributed by atoms with E-state index < -0.39 is 11.0 Å². The van der Waals surface area contributed by atoms with Crippen molar-refractivity contribution in [2.45, 2.75) is 58.1 Å². The molecule has 0 aliphatic heterocycles. The molecule has 1 aromatic rings. The van der Waals surface area contributed by atoms with Crippen LogP contribution >= 0.6 is 12.4 Å². The summed E-state index contributed by atoms with van der Waals surface area (Å²) < 4.78 is 18.8. The predicted molar refractivity (Wildman–Crippen MR) is 100 cm³/mol. The number of amides is 1. The molecule has 0 saturated heterocycles. The standard InChI is InChI=1S/C19H29FN2O2.ClH/c1-6-24-15-11-19(21,18(15,4)5)16(23)22-12-17(2,3)13-7-9-14(20)10-8-13;/h7-10,15H,6,11-12,21H2,1-5H3,(H,22,23);1H. The minimum absolute atomic E-state index is 0. The van der Waals surface area contributed by atoms with E-state index >= 15 is 0 Å². The Morgan fingerprint density at radius 2 is 1.92 bits per heavy atom.